The summed E-state index contributed by atoms with van der Waals surface area (Å²) in [5.74, 6) is 1.99. The molecule has 0 aromatic rings. The van der Waals surface area contributed by atoms with Gasteiger partial charge in [-0.25, -0.2) is 4.79 Å². The smallest absolute Gasteiger partial charge is 0.329 e. The first-order valence-corrected chi connectivity index (χ1v) is 24.2. The van der Waals surface area contributed by atoms with E-state index in [0.29, 0.717) is 44.2 Å². The van der Waals surface area contributed by atoms with Gasteiger partial charge >= 0.3 is 5.97 Å². The van der Waals surface area contributed by atoms with E-state index < -0.39 is 40.8 Å². The average molecular weight is 897 g/mol. The van der Waals surface area contributed by atoms with Crippen LogP contribution in [0.3, 0.4) is 0 Å². The van der Waals surface area contributed by atoms with Crippen molar-refractivity contribution in [3.05, 3.63) is 0 Å². The zero-order valence-corrected chi connectivity index (χ0v) is 41.2. The maximum atomic E-state index is 13.3. The van der Waals surface area contributed by atoms with Gasteiger partial charge in [0.15, 0.2) is 5.78 Å². The van der Waals surface area contributed by atoms with Gasteiger partial charge in [0.25, 0.3) is 0 Å². The first kappa shape index (κ1) is 58.4. The third-order valence-corrected chi connectivity index (χ3v) is 12.7. The van der Waals surface area contributed by atoms with E-state index in [1.54, 1.807) is 46.7 Å². The summed E-state index contributed by atoms with van der Waals surface area (Å²) in [6, 6.07) is -1.70. The number of unbranched alkanes of at least 4 members (excludes halogenated alkanes) is 3. The van der Waals surface area contributed by atoms with E-state index in [1.165, 1.54) is 25.0 Å². The molecule has 61 heavy (non-hydrogen) atoms. The molecule has 0 saturated carbocycles. The van der Waals surface area contributed by atoms with Crippen LogP contribution in [0, 0.1) is 17.2 Å². The second kappa shape index (κ2) is 30.5. The number of carbonyl (C=O) groups excluding carboxylic acids is 6. The Balaban J connectivity index is 0.00000233. The number of amides is 4. The summed E-state index contributed by atoms with van der Waals surface area (Å²) in [4.78, 5) is 76.3. The van der Waals surface area contributed by atoms with Crippen LogP contribution >= 0.6 is 23.5 Å². The monoisotopic (exact) mass is 897 g/mol. The summed E-state index contributed by atoms with van der Waals surface area (Å²) in [5, 5.41) is 18.5. The molecule has 0 bridgehead atoms. The lowest BCUT2D eigenvalue weighted by Gasteiger charge is -2.29. The topological polar surface area (TPSA) is 196 Å². The Morgan fingerprint density at radius 1 is 0.918 bits per heavy atom. The summed E-state index contributed by atoms with van der Waals surface area (Å²) in [7, 11) is 9.72. The zero-order chi connectivity index (χ0) is 46.8. The normalized spacial score (nSPS) is 17.7. The molecule has 1 rings (SSSR count). The molecule has 350 valence electrons. The van der Waals surface area contributed by atoms with Crippen molar-refractivity contribution in [1.82, 2.24) is 26.2 Å². The Labute approximate surface area is 378 Å². The first-order chi connectivity index (χ1) is 28.3. The molecule has 1 fully saturated rings. The molecule has 2 radical (unpaired) electrons. The molecule has 4 amide bonds. The maximum Gasteiger partial charge on any atom is 0.329 e. The maximum absolute atomic E-state index is 13.3. The lowest BCUT2D eigenvalue weighted by Crippen LogP contribution is -2.53. The van der Waals surface area contributed by atoms with Crippen LogP contribution in [-0.2, 0) is 38.2 Å². The van der Waals surface area contributed by atoms with Crippen molar-refractivity contribution in [3.8, 4) is 0 Å². The Morgan fingerprint density at radius 2 is 1.59 bits per heavy atom. The fourth-order valence-electron chi connectivity index (χ4n) is 5.84. The second-order valence-corrected chi connectivity index (χ2v) is 21.2. The molecule has 1 aliphatic rings. The quantitative estimate of drug-likeness (QED) is 0.0278. The second-order valence-electron chi connectivity index (χ2n) is 18.3. The number of likely N-dealkylation sites (N-methyl/N-ethyl adjacent to an activating group) is 1. The fraction of sp³-hybridized carbons (Fsp3) is 0.841. The van der Waals surface area contributed by atoms with Crippen LogP contribution in [0.15, 0.2) is 0 Å². The molecule has 17 heteroatoms. The molecular formula is C44H81BN6O8S2. The Hall–Kier alpha value is -2.63. The van der Waals surface area contributed by atoms with Crippen molar-refractivity contribution in [3.63, 3.8) is 0 Å². The van der Waals surface area contributed by atoms with Gasteiger partial charge in [-0.3, -0.25) is 24.0 Å². The molecule has 6 unspecified atom stereocenters. The molecule has 1 heterocycles. The molecule has 1 saturated heterocycles. The number of rotatable bonds is 29. The van der Waals surface area contributed by atoms with Crippen molar-refractivity contribution in [2.75, 3.05) is 51.1 Å². The zero-order valence-electron chi connectivity index (χ0n) is 39.6. The van der Waals surface area contributed by atoms with Gasteiger partial charge < -0.3 is 41.1 Å². The van der Waals surface area contributed by atoms with Crippen molar-refractivity contribution >= 4 is 73.0 Å². The Morgan fingerprint density at radius 3 is 2.15 bits per heavy atom. The lowest BCUT2D eigenvalue weighted by atomic mass is 9.80. The Bertz CT molecular complexity index is 1360. The molecule has 1 aliphatic heterocycles. The third kappa shape index (κ3) is 29.4. The molecular weight excluding hydrogens is 815 g/mol. The summed E-state index contributed by atoms with van der Waals surface area (Å²) < 4.78 is 11.4. The predicted molar refractivity (Wildman–Crippen MR) is 251 cm³/mol. The van der Waals surface area contributed by atoms with Crippen LogP contribution < -0.4 is 21.3 Å². The number of esters is 1. The van der Waals surface area contributed by atoms with Crippen LogP contribution in [0.1, 0.15) is 140 Å². The molecule has 5 N–H and O–H groups in total. The average Bonchev–Trinajstić information content (AvgIpc) is 3.55. The summed E-state index contributed by atoms with van der Waals surface area (Å²) >= 11 is 3.86. The Kier molecular flexibility index (Phi) is 29.1. The van der Waals surface area contributed by atoms with Crippen LogP contribution in [0.5, 0.6) is 0 Å². The highest BCUT2D eigenvalue weighted by Crippen LogP contribution is 2.30. The van der Waals surface area contributed by atoms with Crippen molar-refractivity contribution in [2.24, 2.45) is 11.8 Å². The fourth-order valence-corrected chi connectivity index (χ4v) is 8.38. The van der Waals surface area contributed by atoms with Gasteiger partial charge in [-0.15, -0.1) is 0 Å². The van der Waals surface area contributed by atoms with E-state index in [1.807, 2.05) is 30.4 Å². The number of nitrogens with zero attached hydrogens (tertiary/aromatic N) is 1. The van der Waals surface area contributed by atoms with Crippen LogP contribution in [0.2, 0.25) is 0 Å². The van der Waals surface area contributed by atoms with Gasteiger partial charge in [-0.2, -0.15) is 23.5 Å². The van der Waals surface area contributed by atoms with Gasteiger partial charge in [-0.05, 0) is 104 Å². The number of Topliss-reactive ketones (excluding diaryl/α,β-unsaturated/α-hetero) is 1. The summed E-state index contributed by atoms with van der Waals surface area (Å²) in [6.45, 7) is 20.4. The molecule has 0 aromatic heterocycles. The number of thioether (sulfide) groups is 2. The minimum Gasteiger partial charge on any atom is -0.458 e. The van der Waals surface area contributed by atoms with Crippen LogP contribution in [0.4, 0.5) is 0 Å². The first-order valence-electron chi connectivity index (χ1n) is 22.1. The lowest BCUT2D eigenvalue weighted by molar-refractivity contribution is -0.159. The van der Waals surface area contributed by atoms with Gasteiger partial charge in [0.2, 0.25) is 23.6 Å². The summed E-state index contributed by atoms with van der Waals surface area (Å²) in [6.07, 6.45) is 7.08. The molecule has 0 spiro atoms. The van der Waals surface area contributed by atoms with Crippen LogP contribution in [-0.4, -0.2) is 139 Å². The van der Waals surface area contributed by atoms with Gasteiger partial charge in [0.05, 0.1) is 12.8 Å². The van der Waals surface area contributed by atoms with Gasteiger partial charge in [0.1, 0.15) is 25.5 Å². The number of nitrogens with one attached hydrogen (secondary N) is 5. The molecule has 14 nitrogen and oxygen atoms in total. The molecule has 0 aliphatic carbocycles. The number of ether oxygens (including phenoxy) is 2. The number of hydrogen-bond donors (Lipinski definition) is 5. The SMILES string of the molecule is CCC(C)C(=O)NC1CSCC1C.[B]C(C)(CC(=O)NCCCCC(NC(=O)CN(C)C)C(=O)NC(CCC(=O)C=N)C(=O)OC(C)(C)C)OCCC(C)(C)SCCCCC. The minimum absolute atomic E-state index is 0.00473. The number of ketones is 1. The van der Waals surface area contributed by atoms with E-state index in [-0.39, 0.29) is 60.6 Å². The van der Waals surface area contributed by atoms with Crippen LogP contribution in [0.25, 0.3) is 0 Å². The molecule has 0 aromatic carbocycles. The highest BCUT2D eigenvalue weighted by molar-refractivity contribution is 8.00. The standard InChI is InChI=1S/C34H62BN5O7S.C10H19NOS/c1-10-11-14-21-48-33(5,6)18-20-46-34(7,35)22-28(42)37-19-13-12-15-26(38-29(43)24-40(8)9)30(44)39-27(17-16-25(41)23-36)31(45)47-32(2,3)4;1-4-7(2)10(12)11-9-6-13-5-8(9)3/h23,26-27,36H,10-22,24H2,1-9H3,(H,37,42)(H,38,43)(H,39,44);7-9H,4-6H2,1-3H3,(H,11,12). The highest BCUT2D eigenvalue weighted by atomic mass is 32.2. The van der Waals surface area contributed by atoms with Crippen molar-refractivity contribution in [2.45, 2.75) is 174 Å². The van der Waals surface area contributed by atoms with E-state index >= 15 is 0 Å². The van der Waals surface area contributed by atoms with E-state index in [2.05, 4.69) is 55.9 Å². The van der Waals surface area contributed by atoms with Crippen molar-refractivity contribution in [1.29, 1.82) is 5.41 Å². The third-order valence-electron chi connectivity index (χ3n) is 9.84. The van der Waals surface area contributed by atoms with E-state index in [0.717, 1.165) is 24.3 Å². The highest BCUT2D eigenvalue weighted by Gasteiger charge is 2.31. The minimum atomic E-state index is -1.14. The largest absolute Gasteiger partial charge is 0.458 e. The van der Waals surface area contributed by atoms with E-state index in [9.17, 15) is 28.8 Å². The van der Waals surface area contributed by atoms with Crippen molar-refractivity contribution < 1.29 is 38.2 Å². The van der Waals surface area contributed by atoms with Gasteiger partial charge in [0, 0.05) is 54.0 Å². The van der Waals surface area contributed by atoms with Gasteiger partial charge in [-0.1, -0.05) is 54.4 Å². The predicted octanol–water partition coefficient (Wildman–Crippen LogP) is 5.43. The summed E-state index contributed by atoms with van der Waals surface area (Å²) in [5.41, 5.74) is -1.94. The number of carbonyl (C=O) groups is 6. The van der Waals surface area contributed by atoms with E-state index in [4.69, 9.17) is 22.7 Å². The molecule has 6 atom stereocenters. The number of hydrogen-bond acceptors (Lipinski definition) is 12.